The van der Waals surface area contributed by atoms with Crippen molar-refractivity contribution in [3.8, 4) is 22.9 Å². The molecule has 0 radical (unpaired) electrons. The molecule has 2 heterocycles. The second-order valence-electron chi connectivity index (χ2n) is 5.60. The molecule has 1 aliphatic heterocycles. The van der Waals surface area contributed by atoms with Gasteiger partial charge in [0.15, 0.2) is 11.5 Å². The molecule has 1 unspecified atom stereocenters. The van der Waals surface area contributed by atoms with Crippen molar-refractivity contribution in [2.75, 3.05) is 27.3 Å². The number of nitrogens with one attached hydrogen (secondary N) is 1. The van der Waals surface area contributed by atoms with Gasteiger partial charge in [0.25, 0.3) is 0 Å². The molecule has 1 saturated heterocycles. The number of methoxy groups -OCH3 is 2. The van der Waals surface area contributed by atoms with E-state index in [1.54, 1.807) is 26.4 Å². The summed E-state index contributed by atoms with van der Waals surface area (Å²) in [6, 6.07) is 3.53. The van der Waals surface area contributed by atoms with Crippen LogP contribution in [0.15, 0.2) is 16.7 Å². The van der Waals surface area contributed by atoms with Gasteiger partial charge in [0.2, 0.25) is 11.7 Å². The average molecular weight is 324 g/mol. The van der Waals surface area contributed by atoms with Crippen LogP contribution < -0.4 is 14.8 Å². The van der Waals surface area contributed by atoms with Crippen LogP contribution in [0.3, 0.4) is 0 Å². The fraction of sp³-hybridized carbons (Fsp3) is 0.467. The van der Waals surface area contributed by atoms with E-state index in [-0.39, 0.29) is 5.41 Å². The number of hydrogen-bond donors (Lipinski definition) is 1. The first-order valence-corrected chi connectivity index (χ1v) is 7.42. The quantitative estimate of drug-likeness (QED) is 0.933. The van der Waals surface area contributed by atoms with Crippen molar-refractivity contribution < 1.29 is 14.0 Å². The lowest BCUT2D eigenvalue weighted by Crippen LogP contribution is -2.25. The van der Waals surface area contributed by atoms with Crippen LogP contribution in [0.2, 0.25) is 5.02 Å². The van der Waals surface area contributed by atoms with Gasteiger partial charge in [-0.15, -0.1) is 0 Å². The van der Waals surface area contributed by atoms with Crippen LogP contribution in [0.5, 0.6) is 11.5 Å². The van der Waals surface area contributed by atoms with Gasteiger partial charge in [-0.05, 0) is 32.0 Å². The molecule has 3 rings (SSSR count). The smallest absolute Gasteiger partial charge is 0.234 e. The standard InChI is InChI=1S/C15H18ClN3O3/c1-15(4-5-17-8-15)14-18-13(19-22-14)9-6-10(16)12(21-3)11(7-9)20-2/h6-7,17H,4-5,8H2,1-3H3. The Balaban J connectivity index is 1.98. The van der Waals surface area contributed by atoms with Crippen molar-refractivity contribution in [3.05, 3.63) is 23.0 Å². The Morgan fingerprint density at radius 2 is 2.14 bits per heavy atom. The van der Waals surface area contributed by atoms with Crippen LogP contribution in [0.1, 0.15) is 19.2 Å². The molecule has 0 spiro atoms. The van der Waals surface area contributed by atoms with Crippen LogP contribution in [0, 0.1) is 0 Å². The van der Waals surface area contributed by atoms with Crippen molar-refractivity contribution in [2.45, 2.75) is 18.8 Å². The van der Waals surface area contributed by atoms with E-state index in [4.69, 9.17) is 25.6 Å². The normalized spacial score (nSPS) is 21.1. The summed E-state index contributed by atoms with van der Waals surface area (Å²) in [6.45, 7) is 3.91. The fourth-order valence-corrected chi connectivity index (χ4v) is 2.92. The summed E-state index contributed by atoms with van der Waals surface area (Å²) in [5.41, 5.74) is 0.609. The number of rotatable bonds is 4. The number of hydrogen-bond acceptors (Lipinski definition) is 6. The van der Waals surface area contributed by atoms with E-state index < -0.39 is 0 Å². The van der Waals surface area contributed by atoms with Gasteiger partial charge in [0.1, 0.15) is 0 Å². The highest BCUT2D eigenvalue weighted by Gasteiger charge is 2.36. The van der Waals surface area contributed by atoms with E-state index in [0.717, 1.165) is 25.1 Å². The van der Waals surface area contributed by atoms with Crippen molar-refractivity contribution >= 4 is 11.6 Å². The van der Waals surface area contributed by atoms with Crippen molar-refractivity contribution in [1.82, 2.24) is 15.5 Å². The van der Waals surface area contributed by atoms with Gasteiger partial charge < -0.3 is 19.3 Å². The van der Waals surface area contributed by atoms with Crippen LogP contribution in [0.25, 0.3) is 11.4 Å². The minimum Gasteiger partial charge on any atom is -0.493 e. The zero-order chi connectivity index (χ0) is 15.7. The number of benzene rings is 1. The summed E-state index contributed by atoms with van der Waals surface area (Å²) >= 11 is 6.22. The Kier molecular flexibility index (Phi) is 3.97. The number of nitrogens with zero attached hydrogens (tertiary/aromatic N) is 2. The lowest BCUT2D eigenvalue weighted by molar-refractivity contribution is 0.306. The first kappa shape index (κ1) is 15.1. The largest absolute Gasteiger partial charge is 0.493 e. The second kappa shape index (κ2) is 5.78. The molecule has 22 heavy (non-hydrogen) atoms. The Labute approximate surface area is 133 Å². The molecule has 6 nitrogen and oxygen atoms in total. The monoisotopic (exact) mass is 323 g/mol. The summed E-state index contributed by atoms with van der Waals surface area (Å²) in [6.07, 6.45) is 0.974. The van der Waals surface area contributed by atoms with E-state index in [0.29, 0.717) is 28.2 Å². The van der Waals surface area contributed by atoms with Gasteiger partial charge in [0, 0.05) is 12.1 Å². The van der Waals surface area contributed by atoms with Gasteiger partial charge in [-0.3, -0.25) is 0 Å². The molecule has 1 aromatic heterocycles. The third-order valence-electron chi connectivity index (χ3n) is 4.00. The van der Waals surface area contributed by atoms with E-state index in [1.165, 1.54) is 0 Å². The maximum Gasteiger partial charge on any atom is 0.234 e. The zero-order valence-corrected chi connectivity index (χ0v) is 13.5. The fourth-order valence-electron chi connectivity index (χ4n) is 2.63. The Morgan fingerprint density at radius 1 is 1.32 bits per heavy atom. The average Bonchev–Trinajstić information content (AvgIpc) is 3.16. The first-order chi connectivity index (χ1) is 10.6. The number of aromatic nitrogens is 2. The molecule has 118 valence electrons. The minimum absolute atomic E-state index is 0.119. The summed E-state index contributed by atoms with van der Waals surface area (Å²) in [5, 5.41) is 7.84. The van der Waals surface area contributed by atoms with Gasteiger partial charge in [-0.2, -0.15) is 4.98 Å². The highest BCUT2D eigenvalue weighted by molar-refractivity contribution is 6.32. The van der Waals surface area contributed by atoms with Crippen molar-refractivity contribution in [3.63, 3.8) is 0 Å². The van der Waals surface area contributed by atoms with Gasteiger partial charge >= 0.3 is 0 Å². The molecular weight excluding hydrogens is 306 g/mol. The molecule has 0 bridgehead atoms. The molecule has 1 atom stereocenters. The Morgan fingerprint density at radius 3 is 2.77 bits per heavy atom. The van der Waals surface area contributed by atoms with Crippen LogP contribution in [-0.4, -0.2) is 37.4 Å². The second-order valence-corrected chi connectivity index (χ2v) is 6.01. The summed E-state index contributed by atoms with van der Waals surface area (Å²) in [4.78, 5) is 4.53. The maximum atomic E-state index is 6.22. The van der Waals surface area contributed by atoms with Crippen molar-refractivity contribution in [1.29, 1.82) is 0 Å². The van der Waals surface area contributed by atoms with E-state index in [1.807, 2.05) is 0 Å². The predicted molar refractivity (Wildman–Crippen MR) is 82.7 cm³/mol. The molecule has 2 aromatic rings. The molecule has 0 saturated carbocycles. The minimum atomic E-state index is -0.119. The SMILES string of the molecule is COc1cc(-c2noc(C3(C)CCNC3)n2)cc(Cl)c1OC. The van der Waals surface area contributed by atoms with Gasteiger partial charge in [0.05, 0.1) is 24.7 Å². The van der Waals surface area contributed by atoms with E-state index in [2.05, 4.69) is 22.4 Å². The predicted octanol–water partition coefficient (Wildman–Crippen LogP) is 2.66. The van der Waals surface area contributed by atoms with Crippen LogP contribution >= 0.6 is 11.6 Å². The summed E-state index contributed by atoms with van der Waals surface area (Å²) < 4.78 is 16.0. The molecular formula is C15H18ClN3O3. The van der Waals surface area contributed by atoms with Crippen LogP contribution in [0.4, 0.5) is 0 Å². The molecule has 7 heteroatoms. The topological polar surface area (TPSA) is 69.4 Å². The number of ether oxygens (including phenoxy) is 2. The Bertz CT molecular complexity index is 681. The van der Waals surface area contributed by atoms with Crippen molar-refractivity contribution in [2.24, 2.45) is 0 Å². The third-order valence-corrected chi connectivity index (χ3v) is 4.28. The maximum absolute atomic E-state index is 6.22. The highest BCUT2D eigenvalue weighted by atomic mass is 35.5. The molecule has 1 aromatic carbocycles. The molecule has 0 aliphatic carbocycles. The van der Waals surface area contributed by atoms with Gasteiger partial charge in [-0.1, -0.05) is 16.8 Å². The number of halogens is 1. The lowest BCUT2D eigenvalue weighted by atomic mass is 9.90. The summed E-state index contributed by atoms with van der Waals surface area (Å²) in [5.74, 6) is 2.15. The zero-order valence-electron chi connectivity index (χ0n) is 12.8. The molecule has 1 aliphatic rings. The van der Waals surface area contributed by atoms with Gasteiger partial charge in [-0.25, -0.2) is 0 Å². The van der Waals surface area contributed by atoms with E-state index in [9.17, 15) is 0 Å². The molecule has 0 amide bonds. The Hall–Kier alpha value is -1.79. The highest BCUT2D eigenvalue weighted by Crippen LogP contribution is 2.39. The molecule has 1 N–H and O–H groups in total. The first-order valence-electron chi connectivity index (χ1n) is 7.04. The lowest BCUT2D eigenvalue weighted by Gasteiger charge is -2.15. The molecule has 1 fully saturated rings. The summed E-state index contributed by atoms with van der Waals surface area (Å²) in [7, 11) is 3.11. The third kappa shape index (κ3) is 2.53. The van der Waals surface area contributed by atoms with Crippen LogP contribution in [-0.2, 0) is 5.41 Å². The van der Waals surface area contributed by atoms with E-state index >= 15 is 0 Å².